The number of hydrogen-bond donors (Lipinski definition) is 2. The third-order valence-corrected chi connectivity index (χ3v) is 5.18. The molecule has 0 saturated carbocycles. The summed E-state index contributed by atoms with van der Waals surface area (Å²) < 4.78 is 0. The van der Waals surface area contributed by atoms with Crippen LogP contribution in [0, 0.1) is 6.92 Å². The number of hydrogen-bond acceptors (Lipinski definition) is 3. The van der Waals surface area contributed by atoms with Crippen LogP contribution in [0.4, 0.5) is 0 Å². The summed E-state index contributed by atoms with van der Waals surface area (Å²) in [5.74, 6) is -0.477. The number of carbonyl (C=O) groups is 2. The van der Waals surface area contributed by atoms with E-state index in [1.165, 1.54) is 11.8 Å². The average Bonchev–Trinajstić information content (AvgIpc) is 2.65. The minimum Gasteiger partial charge on any atom is -0.272 e. The van der Waals surface area contributed by atoms with Crippen molar-refractivity contribution < 1.29 is 9.59 Å². The topological polar surface area (TPSA) is 58.2 Å². The Morgan fingerprint density at radius 2 is 1.65 bits per heavy atom. The first kappa shape index (κ1) is 18.3. The van der Waals surface area contributed by atoms with Crippen LogP contribution in [0.3, 0.4) is 0 Å². The summed E-state index contributed by atoms with van der Waals surface area (Å²) in [6.07, 6.45) is 0. The first-order chi connectivity index (χ1) is 12.5. The molecule has 0 saturated heterocycles. The highest BCUT2D eigenvalue weighted by atomic mass is 35.5. The van der Waals surface area contributed by atoms with Gasteiger partial charge in [0.05, 0.1) is 5.75 Å². The van der Waals surface area contributed by atoms with Gasteiger partial charge in [-0.2, -0.15) is 0 Å². The Kier molecular flexibility index (Phi) is 5.81. The van der Waals surface area contributed by atoms with Crippen LogP contribution in [-0.2, 0) is 4.79 Å². The molecule has 3 aromatic rings. The van der Waals surface area contributed by atoms with Gasteiger partial charge in [0.25, 0.3) is 5.91 Å². The van der Waals surface area contributed by atoms with Crippen molar-refractivity contribution in [3.05, 3.63) is 76.8 Å². The Bertz CT molecular complexity index is 952. The standard InChI is InChI=1S/C20H17ClN2O2S/c1-13-8-10-15(11-9-13)20(25)23-22-18(24)12-26-17-7-3-5-14-4-2-6-16(21)19(14)17/h2-11H,12H2,1H3,(H,22,24)(H,23,25). The van der Waals surface area contributed by atoms with E-state index in [0.29, 0.717) is 10.6 Å². The second-order valence-corrected chi connectivity index (χ2v) is 7.18. The van der Waals surface area contributed by atoms with Crippen molar-refractivity contribution in [3.8, 4) is 0 Å². The lowest BCUT2D eigenvalue weighted by molar-refractivity contribution is -0.119. The molecular weight excluding hydrogens is 368 g/mol. The van der Waals surface area contributed by atoms with Gasteiger partial charge < -0.3 is 0 Å². The number of aryl methyl sites for hydroxylation is 1. The Hall–Kier alpha value is -2.50. The molecule has 3 rings (SSSR count). The molecule has 0 aromatic heterocycles. The summed E-state index contributed by atoms with van der Waals surface area (Å²) in [4.78, 5) is 25.0. The minimum absolute atomic E-state index is 0.165. The Morgan fingerprint density at radius 1 is 0.962 bits per heavy atom. The average molecular weight is 385 g/mol. The van der Waals surface area contributed by atoms with Crippen LogP contribution in [0.25, 0.3) is 10.8 Å². The molecule has 4 nitrogen and oxygen atoms in total. The fraction of sp³-hybridized carbons (Fsp3) is 0.100. The van der Waals surface area contributed by atoms with E-state index in [0.717, 1.165) is 21.2 Å². The van der Waals surface area contributed by atoms with Gasteiger partial charge in [0, 0.05) is 20.9 Å². The van der Waals surface area contributed by atoms with Crippen LogP contribution < -0.4 is 10.9 Å². The fourth-order valence-electron chi connectivity index (χ4n) is 2.47. The number of fused-ring (bicyclic) bond motifs is 1. The van der Waals surface area contributed by atoms with E-state index in [4.69, 9.17) is 11.6 Å². The molecule has 0 aliphatic rings. The number of thioether (sulfide) groups is 1. The molecule has 0 bridgehead atoms. The van der Waals surface area contributed by atoms with Gasteiger partial charge in [-0.1, -0.05) is 53.6 Å². The zero-order valence-corrected chi connectivity index (χ0v) is 15.7. The number of benzene rings is 3. The number of amides is 2. The maximum absolute atomic E-state index is 12.0. The second-order valence-electron chi connectivity index (χ2n) is 5.75. The molecule has 0 aliphatic heterocycles. The van der Waals surface area contributed by atoms with E-state index in [2.05, 4.69) is 10.9 Å². The predicted octanol–water partition coefficient (Wildman–Crippen LogP) is 4.35. The third-order valence-electron chi connectivity index (χ3n) is 3.80. The summed E-state index contributed by atoms with van der Waals surface area (Å²) in [6.45, 7) is 1.94. The van der Waals surface area contributed by atoms with Crippen molar-refractivity contribution in [1.82, 2.24) is 10.9 Å². The monoisotopic (exact) mass is 384 g/mol. The van der Waals surface area contributed by atoms with Crippen molar-refractivity contribution >= 4 is 45.9 Å². The second kappa shape index (κ2) is 8.25. The predicted molar refractivity (Wildman–Crippen MR) is 106 cm³/mol. The maximum Gasteiger partial charge on any atom is 0.269 e. The number of carbonyl (C=O) groups excluding carboxylic acids is 2. The van der Waals surface area contributed by atoms with Crippen molar-refractivity contribution in [2.24, 2.45) is 0 Å². The lowest BCUT2D eigenvalue weighted by Gasteiger charge is -2.09. The van der Waals surface area contributed by atoms with E-state index < -0.39 is 0 Å². The first-order valence-electron chi connectivity index (χ1n) is 8.00. The number of hydrazine groups is 1. The quantitative estimate of drug-likeness (QED) is 0.519. The lowest BCUT2D eigenvalue weighted by Crippen LogP contribution is -2.42. The molecule has 2 amide bonds. The highest BCUT2D eigenvalue weighted by molar-refractivity contribution is 8.00. The van der Waals surface area contributed by atoms with Gasteiger partial charge in [-0.3, -0.25) is 20.4 Å². The summed E-state index contributed by atoms with van der Waals surface area (Å²) in [5.41, 5.74) is 6.42. The molecule has 0 spiro atoms. The van der Waals surface area contributed by atoms with Crippen molar-refractivity contribution in [1.29, 1.82) is 0 Å². The van der Waals surface area contributed by atoms with Crippen LogP contribution in [0.5, 0.6) is 0 Å². The Labute approximate surface area is 160 Å². The van der Waals surface area contributed by atoms with Gasteiger partial charge in [0.1, 0.15) is 0 Å². The van der Waals surface area contributed by atoms with Crippen molar-refractivity contribution in [2.75, 3.05) is 5.75 Å². The smallest absolute Gasteiger partial charge is 0.269 e. The Balaban J connectivity index is 1.58. The van der Waals surface area contributed by atoms with E-state index in [-0.39, 0.29) is 17.6 Å². The molecular formula is C20H17ClN2O2S. The summed E-state index contributed by atoms with van der Waals surface area (Å²) in [6, 6.07) is 18.7. The molecule has 0 heterocycles. The third kappa shape index (κ3) is 4.36. The van der Waals surface area contributed by atoms with Crippen molar-refractivity contribution in [3.63, 3.8) is 0 Å². The van der Waals surface area contributed by atoms with E-state index >= 15 is 0 Å². The van der Waals surface area contributed by atoms with E-state index in [1.54, 1.807) is 12.1 Å². The summed E-state index contributed by atoms with van der Waals surface area (Å²) >= 11 is 7.66. The van der Waals surface area contributed by atoms with Crippen molar-refractivity contribution in [2.45, 2.75) is 11.8 Å². The van der Waals surface area contributed by atoms with Gasteiger partial charge in [-0.25, -0.2) is 0 Å². The lowest BCUT2D eigenvalue weighted by atomic mass is 10.1. The van der Waals surface area contributed by atoms with Gasteiger partial charge in [0.2, 0.25) is 5.91 Å². The summed E-state index contributed by atoms with van der Waals surface area (Å²) in [5, 5.41) is 2.60. The molecule has 0 atom stereocenters. The highest BCUT2D eigenvalue weighted by Crippen LogP contribution is 2.32. The number of rotatable bonds is 4. The van der Waals surface area contributed by atoms with Gasteiger partial charge in [-0.15, -0.1) is 11.8 Å². The largest absolute Gasteiger partial charge is 0.272 e. The maximum atomic E-state index is 12.0. The van der Waals surface area contributed by atoms with Gasteiger partial charge >= 0.3 is 0 Å². The first-order valence-corrected chi connectivity index (χ1v) is 9.37. The minimum atomic E-state index is -0.350. The van der Waals surface area contributed by atoms with Crippen LogP contribution in [0.1, 0.15) is 15.9 Å². The number of nitrogens with one attached hydrogen (secondary N) is 2. The normalized spacial score (nSPS) is 10.5. The molecule has 0 fully saturated rings. The van der Waals surface area contributed by atoms with E-state index in [1.807, 2.05) is 55.5 Å². The van der Waals surface area contributed by atoms with Crippen LogP contribution in [0.15, 0.2) is 65.6 Å². The SMILES string of the molecule is Cc1ccc(C(=O)NNC(=O)CSc2cccc3cccc(Cl)c23)cc1. The molecule has 132 valence electrons. The Morgan fingerprint density at radius 3 is 2.38 bits per heavy atom. The molecule has 6 heteroatoms. The molecule has 0 aliphatic carbocycles. The highest BCUT2D eigenvalue weighted by Gasteiger charge is 2.10. The van der Waals surface area contributed by atoms with Gasteiger partial charge in [0.15, 0.2) is 0 Å². The molecule has 0 unspecified atom stereocenters. The van der Waals surface area contributed by atoms with E-state index in [9.17, 15) is 9.59 Å². The zero-order chi connectivity index (χ0) is 18.5. The zero-order valence-electron chi connectivity index (χ0n) is 14.1. The van der Waals surface area contributed by atoms with Crippen LogP contribution in [-0.4, -0.2) is 17.6 Å². The van der Waals surface area contributed by atoms with Crippen LogP contribution in [0.2, 0.25) is 5.02 Å². The molecule has 2 N–H and O–H groups in total. The summed E-state index contributed by atoms with van der Waals surface area (Å²) in [7, 11) is 0. The molecule has 0 radical (unpaired) electrons. The molecule has 3 aromatic carbocycles. The molecule has 26 heavy (non-hydrogen) atoms. The number of halogens is 1. The van der Waals surface area contributed by atoms with Gasteiger partial charge in [-0.05, 0) is 36.6 Å². The van der Waals surface area contributed by atoms with Crippen LogP contribution >= 0.6 is 23.4 Å². The fourth-order valence-corrected chi connectivity index (χ4v) is 3.71.